The predicted octanol–water partition coefficient (Wildman–Crippen LogP) is 3.25. The van der Waals surface area contributed by atoms with Crippen molar-refractivity contribution in [1.82, 2.24) is 4.98 Å². The molecule has 0 aliphatic carbocycles. The van der Waals surface area contributed by atoms with E-state index in [0.717, 1.165) is 26.6 Å². The second-order valence-corrected chi connectivity index (χ2v) is 8.43. The summed E-state index contributed by atoms with van der Waals surface area (Å²) in [5.41, 5.74) is 1.24. The topological polar surface area (TPSA) is 85.4 Å². The van der Waals surface area contributed by atoms with Crippen molar-refractivity contribution in [3.8, 4) is 0 Å². The summed E-state index contributed by atoms with van der Waals surface area (Å²) in [5, 5.41) is 2.45. The van der Waals surface area contributed by atoms with Crippen LogP contribution in [0.15, 0.2) is 34.5 Å². The summed E-state index contributed by atoms with van der Waals surface area (Å²) in [6, 6.07) is 6.51. The van der Waals surface area contributed by atoms with Crippen LogP contribution >= 0.6 is 22.7 Å². The van der Waals surface area contributed by atoms with E-state index >= 15 is 0 Å². The first kappa shape index (κ1) is 15.9. The fourth-order valence-corrected chi connectivity index (χ4v) is 5.32. The number of sulfonamides is 1. The molecule has 120 valence electrons. The molecule has 6 nitrogen and oxygen atoms in total. The van der Waals surface area contributed by atoms with E-state index in [1.54, 1.807) is 18.2 Å². The Morgan fingerprint density at radius 2 is 2.09 bits per heavy atom. The van der Waals surface area contributed by atoms with Gasteiger partial charge in [-0.1, -0.05) is 0 Å². The summed E-state index contributed by atoms with van der Waals surface area (Å²) in [6.45, 7) is 1.89. The van der Waals surface area contributed by atoms with Crippen LogP contribution in [0.4, 0.5) is 5.69 Å². The van der Waals surface area contributed by atoms with Gasteiger partial charge < -0.3 is 4.74 Å². The molecule has 0 radical (unpaired) electrons. The van der Waals surface area contributed by atoms with E-state index in [1.165, 1.54) is 29.9 Å². The summed E-state index contributed by atoms with van der Waals surface area (Å²) < 4.78 is 33.0. The first-order valence-corrected chi connectivity index (χ1v) is 9.64. The summed E-state index contributed by atoms with van der Waals surface area (Å²) >= 11 is 2.51. The van der Waals surface area contributed by atoms with Crippen LogP contribution in [0, 0.1) is 6.92 Å². The Morgan fingerprint density at radius 3 is 2.83 bits per heavy atom. The summed E-state index contributed by atoms with van der Waals surface area (Å²) in [4.78, 5) is 16.0. The van der Waals surface area contributed by atoms with Gasteiger partial charge in [-0.25, -0.2) is 18.2 Å². The second-order valence-electron chi connectivity index (χ2n) is 4.63. The number of aromatic nitrogens is 1. The molecule has 0 unspecified atom stereocenters. The average Bonchev–Trinajstić information content (AvgIpc) is 3.11. The SMILES string of the molecule is COC(=O)c1sccc1S(=O)(=O)Nc1ccc2nc(C)sc2c1. The van der Waals surface area contributed by atoms with Crippen molar-refractivity contribution in [3.63, 3.8) is 0 Å². The highest BCUT2D eigenvalue weighted by Crippen LogP contribution is 2.28. The predicted molar refractivity (Wildman–Crippen MR) is 90.8 cm³/mol. The number of fused-ring (bicyclic) bond motifs is 1. The standard InChI is InChI=1S/C14H12N2O4S3/c1-8-15-10-4-3-9(7-11(10)22-8)16-23(18,19)12-5-6-21-13(12)14(17)20-2/h3-7,16H,1-2H3. The lowest BCUT2D eigenvalue weighted by atomic mass is 10.3. The van der Waals surface area contributed by atoms with Crippen molar-refractivity contribution >= 4 is 54.6 Å². The molecule has 1 N–H and O–H groups in total. The van der Waals surface area contributed by atoms with Crippen LogP contribution in [0.3, 0.4) is 0 Å². The highest BCUT2D eigenvalue weighted by Gasteiger charge is 2.24. The first-order valence-electron chi connectivity index (χ1n) is 6.46. The quantitative estimate of drug-likeness (QED) is 0.715. The van der Waals surface area contributed by atoms with Crippen molar-refractivity contribution < 1.29 is 17.9 Å². The zero-order valence-corrected chi connectivity index (χ0v) is 14.6. The van der Waals surface area contributed by atoms with Crippen LogP contribution in [0.2, 0.25) is 0 Å². The maximum atomic E-state index is 12.5. The lowest BCUT2D eigenvalue weighted by molar-refractivity contribution is 0.0602. The van der Waals surface area contributed by atoms with Gasteiger partial charge >= 0.3 is 5.97 Å². The zero-order chi connectivity index (χ0) is 16.6. The van der Waals surface area contributed by atoms with Crippen molar-refractivity contribution in [2.45, 2.75) is 11.8 Å². The maximum absolute atomic E-state index is 12.5. The third kappa shape index (κ3) is 3.07. The Bertz CT molecular complexity index is 989. The van der Waals surface area contributed by atoms with Gasteiger partial charge in [0.25, 0.3) is 10.0 Å². The number of carbonyl (C=O) groups is 1. The largest absolute Gasteiger partial charge is 0.465 e. The fraction of sp³-hybridized carbons (Fsp3) is 0.143. The van der Waals surface area contributed by atoms with Crippen LogP contribution in [-0.2, 0) is 14.8 Å². The number of hydrogen-bond donors (Lipinski definition) is 1. The lowest BCUT2D eigenvalue weighted by Crippen LogP contribution is -2.15. The molecule has 0 spiro atoms. The van der Waals surface area contributed by atoms with Gasteiger partial charge in [0.15, 0.2) is 0 Å². The molecule has 0 aliphatic heterocycles. The molecule has 9 heteroatoms. The number of nitrogens with zero attached hydrogens (tertiary/aromatic N) is 1. The molecule has 0 atom stereocenters. The number of nitrogens with one attached hydrogen (secondary N) is 1. The van der Waals surface area contributed by atoms with Crippen molar-refractivity contribution in [3.05, 3.63) is 39.5 Å². The number of anilines is 1. The lowest BCUT2D eigenvalue weighted by Gasteiger charge is -2.08. The Morgan fingerprint density at radius 1 is 1.30 bits per heavy atom. The monoisotopic (exact) mass is 368 g/mol. The second kappa shape index (κ2) is 5.91. The number of thiophene rings is 1. The van der Waals surface area contributed by atoms with E-state index in [0.29, 0.717) is 5.69 Å². The number of thiazole rings is 1. The minimum Gasteiger partial charge on any atom is -0.465 e. The van der Waals surface area contributed by atoms with E-state index < -0.39 is 16.0 Å². The highest BCUT2D eigenvalue weighted by atomic mass is 32.2. The van der Waals surface area contributed by atoms with Crippen LogP contribution in [0.25, 0.3) is 10.2 Å². The minimum absolute atomic E-state index is 0.0507. The number of rotatable bonds is 4. The van der Waals surface area contributed by atoms with Gasteiger partial charge in [-0.05, 0) is 36.6 Å². The molecule has 1 aromatic carbocycles. The minimum atomic E-state index is -3.87. The number of ether oxygens (including phenoxy) is 1. The van der Waals surface area contributed by atoms with Crippen LogP contribution < -0.4 is 4.72 Å². The third-order valence-corrected chi connectivity index (χ3v) is 6.42. The van der Waals surface area contributed by atoms with Crippen molar-refractivity contribution in [2.24, 2.45) is 0 Å². The highest BCUT2D eigenvalue weighted by molar-refractivity contribution is 7.93. The van der Waals surface area contributed by atoms with E-state index in [4.69, 9.17) is 0 Å². The molecule has 0 aliphatic rings. The molecular weight excluding hydrogens is 356 g/mol. The molecule has 23 heavy (non-hydrogen) atoms. The zero-order valence-electron chi connectivity index (χ0n) is 12.2. The van der Waals surface area contributed by atoms with Crippen molar-refractivity contribution in [1.29, 1.82) is 0 Å². The summed E-state index contributed by atoms with van der Waals surface area (Å²) in [5.74, 6) is -0.672. The van der Waals surface area contributed by atoms with Gasteiger partial charge in [0.2, 0.25) is 0 Å². The average molecular weight is 368 g/mol. The van der Waals surface area contributed by atoms with Crippen LogP contribution in [0.1, 0.15) is 14.7 Å². The van der Waals surface area contributed by atoms with Crippen LogP contribution in [-0.4, -0.2) is 26.5 Å². The number of aryl methyl sites for hydroxylation is 1. The summed E-state index contributed by atoms with van der Waals surface area (Å²) in [6.07, 6.45) is 0. The molecule has 2 aromatic heterocycles. The van der Waals surface area contributed by atoms with Gasteiger partial charge in [-0.3, -0.25) is 4.72 Å². The number of hydrogen-bond acceptors (Lipinski definition) is 7. The smallest absolute Gasteiger partial charge is 0.349 e. The number of carbonyl (C=O) groups excluding carboxylic acids is 1. The Hall–Kier alpha value is -1.97. The van der Waals surface area contributed by atoms with Crippen molar-refractivity contribution in [2.75, 3.05) is 11.8 Å². The molecule has 0 amide bonds. The number of esters is 1. The van der Waals surface area contributed by atoms with E-state index in [9.17, 15) is 13.2 Å². The molecule has 3 aromatic rings. The molecule has 0 fully saturated rings. The molecule has 0 saturated heterocycles. The fourth-order valence-electron chi connectivity index (χ4n) is 2.06. The van der Waals surface area contributed by atoms with E-state index in [2.05, 4.69) is 14.4 Å². The molecule has 2 heterocycles. The number of benzene rings is 1. The first-order chi connectivity index (χ1) is 10.9. The van der Waals surface area contributed by atoms with Gasteiger partial charge in [-0.15, -0.1) is 22.7 Å². The Kier molecular flexibility index (Phi) is 4.09. The normalized spacial score (nSPS) is 11.6. The summed E-state index contributed by atoms with van der Waals surface area (Å²) in [7, 11) is -2.66. The maximum Gasteiger partial charge on any atom is 0.349 e. The van der Waals surface area contributed by atoms with Gasteiger partial charge in [0.05, 0.1) is 28.0 Å². The van der Waals surface area contributed by atoms with E-state index in [1.807, 2.05) is 6.92 Å². The van der Waals surface area contributed by atoms with Gasteiger partial charge in [-0.2, -0.15) is 0 Å². The van der Waals surface area contributed by atoms with Gasteiger partial charge in [0, 0.05) is 0 Å². The molecular formula is C14H12N2O4S3. The molecule has 0 bridgehead atoms. The third-order valence-electron chi connectivity index (χ3n) is 3.04. The molecule has 0 saturated carbocycles. The number of methoxy groups -OCH3 is 1. The Balaban J connectivity index is 1.96. The Labute approximate surface area is 140 Å². The van der Waals surface area contributed by atoms with Gasteiger partial charge in [0.1, 0.15) is 9.77 Å². The molecule has 3 rings (SSSR count). The van der Waals surface area contributed by atoms with Crippen LogP contribution in [0.5, 0.6) is 0 Å². The van der Waals surface area contributed by atoms with E-state index in [-0.39, 0.29) is 9.77 Å².